The third-order valence-corrected chi connectivity index (χ3v) is 3.09. The van der Waals surface area contributed by atoms with Gasteiger partial charge in [-0.1, -0.05) is 30.3 Å². The zero-order chi connectivity index (χ0) is 14.4. The van der Waals surface area contributed by atoms with Crippen LogP contribution in [0.5, 0.6) is 5.75 Å². The number of nitrogens with one attached hydrogen (secondary N) is 1. The summed E-state index contributed by atoms with van der Waals surface area (Å²) in [5, 5.41) is 13.8. The van der Waals surface area contributed by atoms with Crippen LogP contribution in [-0.4, -0.2) is 30.8 Å². The van der Waals surface area contributed by atoms with Crippen LogP contribution in [0, 0.1) is 0 Å². The van der Waals surface area contributed by atoms with E-state index in [0.717, 1.165) is 22.9 Å². The molecule has 1 amide bonds. The van der Waals surface area contributed by atoms with Crippen LogP contribution >= 0.6 is 0 Å². The molecule has 4 nitrogen and oxygen atoms in total. The molecule has 20 heavy (non-hydrogen) atoms. The lowest BCUT2D eigenvalue weighted by Gasteiger charge is -2.11. The second-order valence-corrected chi connectivity index (χ2v) is 4.57. The number of aliphatic hydroxyl groups excluding tert-OH is 1. The van der Waals surface area contributed by atoms with E-state index in [1.807, 2.05) is 30.3 Å². The molecule has 0 bridgehead atoms. The Morgan fingerprint density at radius 2 is 1.95 bits per heavy atom. The first-order valence-corrected chi connectivity index (χ1v) is 6.71. The van der Waals surface area contributed by atoms with E-state index in [9.17, 15) is 4.79 Å². The maximum absolute atomic E-state index is 10.9. The predicted octanol–water partition coefficient (Wildman–Crippen LogP) is 1.89. The fourth-order valence-corrected chi connectivity index (χ4v) is 2.22. The number of carbonyl (C=O) groups excluding carboxylic acids is 1. The Hall–Kier alpha value is -2.07. The molecule has 0 spiro atoms. The van der Waals surface area contributed by atoms with Crippen LogP contribution in [0.15, 0.2) is 36.4 Å². The van der Waals surface area contributed by atoms with E-state index in [0.29, 0.717) is 6.54 Å². The first-order chi connectivity index (χ1) is 9.72. The molecule has 0 radical (unpaired) electrons. The van der Waals surface area contributed by atoms with Gasteiger partial charge in [0.15, 0.2) is 0 Å². The van der Waals surface area contributed by atoms with Crippen molar-refractivity contribution in [2.24, 2.45) is 0 Å². The summed E-state index contributed by atoms with van der Waals surface area (Å²) in [6.07, 6.45) is 0.778. The lowest BCUT2D eigenvalue weighted by molar-refractivity contribution is -0.118. The number of carbonyl (C=O) groups is 1. The van der Waals surface area contributed by atoms with Crippen LogP contribution in [0.4, 0.5) is 0 Å². The molecule has 0 heterocycles. The summed E-state index contributed by atoms with van der Waals surface area (Å²) >= 11 is 0. The molecule has 0 aliphatic carbocycles. The Morgan fingerprint density at radius 1 is 1.20 bits per heavy atom. The van der Waals surface area contributed by atoms with Gasteiger partial charge in [-0.15, -0.1) is 0 Å². The summed E-state index contributed by atoms with van der Waals surface area (Å²) in [6.45, 7) is 2.42. The van der Waals surface area contributed by atoms with Crippen molar-refractivity contribution < 1.29 is 14.6 Å². The molecule has 0 fully saturated rings. The third-order valence-electron chi connectivity index (χ3n) is 3.09. The molecule has 2 N–H and O–H groups in total. The van der Waals surface area contributed by atoms with Gasteiger partial charge in [0, 0.05) is 18.9 Å². The van der Waals surface area contributed by atoms with Gasteiger partial charge in [0.05, 0.1) is 6.61 Å². The molecule has 2 aromatic rings. The fraction of sp³-hybridized carbons (Fsp3) is 0.312. The van der Waals surface area contributed by atoms with Gasteiger partial charge in [-0.2, -0.15) is 0 Å². The molecule has 0 saturated heterocycles. The average molecular weight is 273 g/mol. The van der Waals surface area contributed by atoms with Gasteiger partial charge in [-0.3, -0.25) is 4.79 Å². The Kier molecular flexibility index (Phi) is 4.96. The molecule has 106 valence electrons. The molecule has 0 aromatic heterocycles. The van der Waals surface area contributed by atoms with E-state index >= 15 is 0 Å². The van der Waals surface area contributed by atoms with Gasteiger partial charge in [0.1, 0.15) is 12.4 Å². The molecule has 2 aromatic carbocycles. The van der Waals surface area contributed by atoms with Crippen molar-refractivity contribution >= 4 is 16.7 Å². The van der Waals surface area contributed by atoms with Gasteiger partial charge >= 0.3 is 0 Å². The van der Waals surface area contributed by atoms with Gasteiger partial charge < -0.3 is 15.2 Å². The number of benzene rings is 2. The number of rotatable bonds is 6. The zero-order valence-electron chi connectivity index (χ0n) is 11.6. The Labute approximate surface area is 118 Å². The highest BCUT2D eigenvalue weighted by Gasteiger charge is 2.06. The molecular formula is C16H19NO3. The fourth-order valence-electron chi connectivity index (χ4n) is 2.22. The summed E-state index contributed by atoms with van der Waals surface area (Å²) in [7, 11) is 0. The van der Waals surface area contributed by atoms with Gasteiger partial charge in [0.2, 0.25) is 5.91 Å². The second kappa shape index (κ2) is 6.91. The maximum Gasteiger partial charge on any atom is 0.216 e. The van der Waals surface area contributed by atoms with E-state index in [1.165, 1.54) is 12.5 Å². The maximum atomic E-state index is 10.9. The van der Waals surface area contributed by atoms with Gasteiger partial charge in [-0.25, -0.2) is 0 Å². The molecule has 2 rings (SSSR count). The Morgan fingerprint density at radius 3 is 2.70 bits per heavy atom. The summed E-state index contributed by atoms with van der Waals surface area (Å²) in [5.41, 5.74) is 1.17. The third kappa shape index (κ3) is 3.48. The second-order valence-electron chi connectivity index (χ2n) is 4.57. The number of ether oxygens (including phenoxy) is 1. The van der Waals surface area contributed by atoms with Crippen molar-refractivity contribution in [2.45, 2.75) is 13.3 Å². The molecule has 0 atom stereocenters. The Balaban J connectivity index is 2.25. The van der Waals surface area contributed by atoms with Crippen LogP contribution in [0.3, 0.4) is 0 Å². The molecular weight excluding hydrogens is 254 g/mol. The highest BCUT2D eigenvalue weighted by molar-refractivity contribution is 5.91. The van der Waals surface area contributed by atoms with E-state index in [2.05, 4.69) is 11.4 Å². The highest BCUT2D eigenvalue weighted by atomic mass is 16.5. The summed E-state index contributed by atoms with van der Waals surface area (Å²) in [6, 6.07) is 11.9. The lowest BCUT2D eigenvalue weighted by Crippen LogP contribution is -2.22. The van der Waals surface area contributed by atoms with Crippen molar-refractivity contribution in [3.63, 3.8) is 0 Å². The zero-order valence-corrected chi connectivity index (χ0v) is 11.6. The molecule has 4 heteroatoms. The number of amides is 1. The van der Waals surface area contributed by atoms with Crippen LogP contribution in [0.25, 0.3) is 10.8 Å². The first-order valence-electron chi connectivity index (χ1n) is 6.71. The first kappa shape index (κ1) is 14.3. The summed E-state index contributed by atoms with van der Waals surface area (Å²) in [4.78, 5) is 10.9. The standard InChI is InChI=1S/C16H19NO3/c1-12(19)17-9-8-13-4-2-6-15-14(13)5-3-7-16(15)20-11-10-18/h2-7,18H,8-11H2,1H3,(H,17,19). The Bertz CT molecular complexity index is 595. The number of hydrogen-bond donors (Lipinski definition) is 2. The summed E-state index contributed by atoms with van der Waals surface area (Å²) < 4.78 is 5.55. The van der Waals surface area contributed by atoms with Crippen molar-refractivity contribution in [2.75, 3.05) is 19.8 Å². The van der Waals surface area contributed by atoms with E-state index < -0.39 is 0 Å². The topological polar surface area (TPSA) is 58.6 Å². The minimum atomic E-state index is -0.0165. The van der Waals surface area contributed by atoms with Crippen LogP contribution in [-0.2, 0) is 11.2 Å². The molecule has 0 unspecified atom stereocenters. The van der Waals surface area contributed by atoms with Gasteiger partial charge in [-0.05, 0) is 23.4 Å². The van der Waals surface area contributed by atoms with Crippen molar-refractivity contribution in [3.05, 3.63) is 42.0 Å². The highest BCUT2D eigenvalue weighted by Crippen LogP contribution is 2.28. The van der Waals surface area contributed by atoms with Crippen molar-refractivity contribution in [1.82, 2.24) is 5.32 Å². The van der Waals surface area contributed by atoms with E-state index in [4.69, 9.17) is 9.84 Å². The molecule has 0 saturated carbocycles. The van der Waals surface area contributed by atoms with Crippen molar-refractivity contribution in [3.8, 4) is 5.75 Å². The van der Waals surface area contributed by atoms with Crippen LogP contribution < -0.4 is 10.1 Å². The normalized spacial score (nSPS) is 10.5. The van der Waals surface area contributed by atoms with Gasteiger partial charge in [0.25, 0.3) is 0 Å². The average Bonchev–Trinajstić information content (AvgIpc) is 2.45. The van der Waals surface area contributed by atoms with Crippen LogP contribution in [0.2, 0.25) is 0 Å². The monoisotopic (exact) mass is 273 g/mol. The predicted molar refractivity (Wildman–Crippen MR) is 78.9 cm³/mol. The van der Waals surface area contributed by atoms with Crippen molar-refractivity contribution in [1.29, 1.82) is 0 Å². The lowest BCUT2D eigenvalue weighted by atomic mass is 10.0. The smallest absolute Gasteiger partial charge is 0.216 e. The number of aliphatic hydroxyl groups is 1. The SMILES string of the molecule is CC(=O)NCCc1cccc2c(OCCO)cccc12. The van der Waals surface area contributed by atoms with E-state index in [-0.39, 0.29) is 19.1 Å². The minimum absolute atomic E-state index is 0.00138. The molecule has 0 aliphatic heterocycles. The quantitative estimate of drug-likeness (QED) is 0.845. The number of hydrogen-bond acceptors (Lipinski definition) is 3. The minimum Gasteiger partial charge on any atom is -0.491 e. The van der Waals surface area contributed by atoms with E-state index in [1.54, 1.807) is 0 Å². The molecule has 0 aliphatic rings. The number of fused-ring (bicyclic) bond motifs is 1. The van der Waals surface area contributed by atoms with Crippen LogP contribution in [0.1, 0.15) is 12.5 Å². The largest absolute Gasteiger partial charge is 0.491 e. The summed E-state index contributed by atoms with van der Waals surface area (Å²) in [5.74, 6) is 0.759.